The van der Waals surface area contributed by atoms with Gasteiger partial charge < -0.3 is 9.84 Å². The Kier molecular flexibility index (Phi) is 5.23. The summed E-state index contributed by atoms with van der Waals surface area (Å²) in [6.07, 6.45) is 1.24. The molecular weight excluding hydrogens is 363 g/mol. The number of aromatic hydroxyl groups is 1. The minimum Gasteiger partial charge on any atom is -0.507 e. The number of halogens is 1. The van der Waals surface area contributed by atoms with Crippen LogP contribution in [0.25, 0.3) is 5.69 Å². The smallest absolute Gasteiger partial charge is 0.273 e. The van der Waals surface area contributed by atoms with Crippen molar-refractivity contribution >= 4 is 5.78 Å². The van der Waals surface area contributed by atoms with E-state index in [9.17, 15) is 24.3 Å². The topological polar surface area (TPSA) is 92.3 Å². The van der Waals surface area contributed by atoms with Gasteiger partial charge in [0.15, 0.2) is 5.78 Å². The number of carbonyl (C=O) groups is 1. The van der Waals surface area contributed by atoms with Crippen molar-refractivity contribution in [3.05, 3.63) is 87.6 Å². The van der Waals surface area contributed by atoms with Gasteiger partial charge in [-0.05, 0) is 43.3 Å². The quantitative estimate of drug-likeness (QED) is 0.689. The fourth-order valence-electron chi connectivity index (χ4n) is 2.74. The average Bonchev–Trinajstić information content (AvgIpc) is 2.70. The van der Waals surface area contributed by atoms with Gasteiger partial charge in [-0.15, -0.1) is 0 Å². The zero-order chi connectivity index (χ0) is 20.3. The number of hydrogen-bond acceptors (Lipinski definition) is 5. The molecule has 0 aliphatic carbocycles. The van der Waals surface area contributed by atoms with Crippen molar-refractivity contribution in [2.75, 3.05) is 6.61 Å². The molecular formula is C21H15FN2O4. The molecule has 0 fully saturated rings. The van der Waals surface area contributed by atoms with E-state index in [2.05, 4.69) is 0 Å². The Morgan fingerprint density at radius 2 is 2.00 bits per heavy atom. The van der Waals surface area contributed by atoms with Crippen LogP contribution in [0.3, 0.4) is 0 Å². The first kappa shape index (κ1) is 18.9. The highest BCUT2D eigenvalue weighted by Gasteiger charge is 2.19. The second-order valence-corrected chi connectivity index (χ2v) is 5.82. The van der Waals surface area contributed by atoms with Gasteiger partial charge in [-0.1, -0.05) is 12.1 Å². The molecule has 1 aromatic heterocycles. The van der Waals surface area contributed by atoms with Gasteiger partial charge in [0.1, 0.15) is 28.9 Å². The van der Waals surface area contributed by atoms with E-state index >= 15 is 0 Å². The van der Waals surface area contributed by atoms with Gasteiger partial charge in [0.2, 0.25) is 0 Å². The number of carbonyl (C=O) groups excluding carboxylic acids is 1. The average molecular weight is 378 g/mol. The van der Waals surface area contributed by atoms with Crippen molar-refractivity contribution in [2.24, 2.45) is 0 Å². The molecule has 0 aliphatic heterocycles. The molecule has 0 saturated carbocycles. The molecule has 2 aromatic carbocycles. The zero-order valence-electron chi connectivity index (χ0n) is 14.8. The van der Waals surface area contributed by atoms with Crippen molar-refractivity contribution in [3.63, 3.8) is 0 Å². The van der Waals surface area contributed by atoms with Crippen molar-refractivity contribution in [1.82, 2.24) is 4.57 Å². The van der Waals surface area contributed by atoms with E-state index in [-0.39, 0.29) is 16.7 Å². The van der Waals surface area contributed by atoms with Crippen LogP contribution in [0.2, 0.25) is 0 Å². The van der Waals surface area contributed by atoms with E-state index in [1.807, 2.05) is 0 Å². The number of ketones is 1. The second kappa shape index (κ2) is 7.76. The molecule has 28 heavy (non-hydrogen) atoms. The highest BCUT2D eigenvalue weighted by Crippen LogP contribution is 2.24. The number of hydrogen-bond donors (Lipinski definition) is 1. The Bertz CT molecular complexity index is 1160. The standard InChI is InChI=1S/C21H15FN2O4/c1-2-28-19-6-4-3-5-17(19)24-12-14(9-13(11-23)21(24)27)20(26)16-10-15(22)7-8-18(16)25/h3-10,12,25H,2H2,1H3. The number of rotatable bonds is 5. The maximum absolute atomic E-state index is 13.5. The maximum atomic E-state index is 13.5. The number of nitrogens with zero attached hydrogens (tertiary/aromatic N) is 2. The first-order valence-electron chi connectivity index (χ1n) is 8.38. The Balaban J connectivity index is 2.23. The Hall–Kier alpha value is -3.92. The summed E-state index contributed by atoms with van der Waals surface area (Å²) in [6, 6.07) is 12.5. The maximum Gasteiger partial charge on any atom is 0.273 e. The van der Waals surface area contributed by atoms with Crippen molar-refractivity contribution in [3.8, 4) is 23.3 Å². The number of phenolic OH excluding ortho intramolecular Hbond substituents is 1. The lowest BCUT2D eigenvalue weighted by molar-refractivity contribution is 0.103. The van der Waals surface area contributed by atoms with Gasteiger partial charge in [0.05, 0.1) is 17.9 Å². The summed E-state index contributed by atoms with van der Waals surface area (Å²) in [4.78, 5) is 25.5. The lowest BCUT2D eigenvalue weighted by atomic mass is 10.0. The molecule has 0 unspecified atom stereocenters. The van der Waals surface area contributed by atoms with Gasteiger partial charge in [-0.25, -0.2) is 4.39 Å². The number of pyridine rings is 1. The van der Waals surface area contributed by atoms with Crippen molar-refractivity contribution in [2.45, 2.75) is 6.92 Å². The Morgan fingerprint density at radius 3 is 2.71 bits per heavy atom. The lowest BCUT2D eigenvalue weighted by Gasteiger charge is -2.14. The van der Waals surface area contributed by atoms with Crippen LogP contribution in [0.15, 0.2) is 59.5 Å². The third-order valence-corrected chi connectivity index (χ3v) is 4.03. The summed E-state index contributed by atoms with van der Waals surface area (Å²) in [5, 5.41) is 19.2. The molecule has 0 bridgehead atoms. The molecule has 3 rings (SSSR count). The molecule has 140 valence electrons. The van der Waals surface area contributed by atoms with E-state index in [1.165, 1.54) is 6.20 Å². The van der Waals surface area contributed by atoms with E-state index in [0.717, 1.165) is 28.8 Å². The molecule has 0 amide bonds. The van der Waals surface area contributed by atoms with Gasteiger partial charge >= 0.3 is 0 Å². The number of para-hydroxylation sites is 2. The molecule has 3 aromatic rings. The number of nitriles is 1. The summed E-state index contributed by atoms with van der Waals surface area (Å²) in [5.41, 5.74) is -0.873. The van der Waals surface area contributed by atoms with Gasteiger partial charge in [-0.2, -0.15) is 5.26 Å². The minimum atomic E-state index is -0.726. The molecule has 0 spiro atoms. The number of benzene rings is 2. The molecule has 7 heteroatoms. The molecule has 6 nitrogen and oxygen atoms in total. The fourth-order valence-corrected chi connectivity index (χ4v) is 2.74. The number of phenols is 1. The van der Waals surface area contributed by atoms with Crippen LogP contribution in [-0.4, -0.2) is 22.1 Å². The van der Waals surface area contributed by atoms with E-state index in [4.69, 9.17) is 4.74 Å². The summed E-state index contributed by atoms with van der Waals surface area (Å²) in [7, 11) is 0. The van der Waals surface area contributed by atoms with E-state index in [0.29, 0.717) is 18.0 Å². The first-order valence-corrected chi connectivity index (χ1v) is 8.38. The Labute approximate surface area is 159 Å². The predicted molar refractivity (Wildman–Crippen MR) is 99.4 cm³/mol. The monoisotopic (exact) mass is 378 g/mol. The van der Waals surface area contributed by atoms with E-state index in [1.54, 1.807) is 37.3 Å². The SMILES string of the molecule is CCOc1ccccc1-n1cc(C(=O)c2cc(F)ccc2O)cc(C#N)c1=O. The normalized spacial score (nSPS) is 10.3. The van der Waals surface area contributed by atoms with Crippen LogP contribution in [0, 0.1) is 17.1 Å². The van der Waals surface area contributed by atoms with Crippen LogP contribution in [0.4, 0.5) is 4.39 Å². The van der Waals surface area contributed by atoms with Crippen LogP contribution in [-0.2, 0) is 0 Å². The van der Waals surface area contributed by atoms with E-state index < -0.39 is 22.9 Å². The summed E-state index contributed by atoms with van der Waals surface area (Å²) in [6.45, 7) is 2.14. The van der Waals surface area contributed by atoms with Crippen molar-refractivity contribution < 1.29 is 19.0 Å². The number of aromatic nitrogens is 1. The third-order valence-electron chi connectivity index (χ3n) is 4.03. The number of ether oxygens (including phenoxy) is 1. The third kappa shape index (κ3) is 3.48. The zero-order valence-corrected chi connectivity index (χ0v) is 14.8. The van der Waals surface area contributed by atoms with Gasteiger partial charge in [0.25, 0.3) is 5.56 Å². The molecule has 1 N–H and O–H groups in total. The molecule has 1 heterocycles. The molecule has 0 atom stereocenters. The molecule has 0 radical (unpaired) electrons. The minimum absolute atomic E-state index is 0.0525. The second-order valence-electron chi connectivity index (χ2n) is 5.82. The first-order chi connectivity index (χ1) is 13.5. The summed E-state index contributed by atoms with van der Waals surface area (Å²) >= 11 is 0. The van der Waals surface area contributed by atoms with Crippen LogP contribution >= 0.6 is 0 Å². The fraction of sp³-hybridized carbons (Fsp3) is 0.0952. The van der Waals surface area contributed by atoms with Crippen LogP contribution in [0.5, 0.6) is 11.5 Å². The summed E-state index contributed by atoms with van der Waals surface area (Å²) in [5.74, 6) is -1.43. The predicted octanol–water partition coefficient (Wildman–Crippen LogP) is 3.18. The Morgan fingerprint density at radius 1 is 1.25 bits per heavy atom. The van der Waals surface area contributed by atoms with Gasteiger partial charge in [0, 0.05) is 11.8 Å². The summed E-state index contributed by atoms with van der Waals surface area (Å²) < 4.78 is 20.2. The van der Waals surface area contributed by atoms with Crippen LogP contribution < -0.4 is 10.3 Å². The molecule has 0 aliphatic rings. The van der Waals surface area contributed by atoms with Gasteiger partial charge in [-0.3, -0.25) is 14.2 Å². The largest absolute Gasteiger partial charge is 0.507 e. The van der Waals surface area contributed by atoms with Crippen LogP contribution in [0.1, 0.15) is 28.4 Å². The molecule has 0 saturated heterocycles. The highest BCUT2D eigenvalue weighted by molar-refractivity contribution is 6.10. The highest BCUT2D eigenvalue weighted by atomic mass is 19.1. The lowest BCUT2D eigenvalue weighted by Crippen LogP contribution is -2.23. The van der Waals surface area contributed by atoms with Crippen molar-refractivity contribution in [1.29, 1.82) is 5.26 Å².